The summed E-state index contributed by atoms with van der Waals surface area (Å²) < 4.78 is 29.9. The van der Waals surface area contributed by atoms with Crippen LogP contribution < -0.4 is 5.32 Å². The summed E-state index contributed by atoms with van der Waals surface area (Å²) in [4.78, 5) is 14.1. The van der Waals surface area contributed by atoms with Gasteiger partial charge in [0.25, 0.3) is 0 Å². The van der Waals surface area contributed by atoms with Gasteiger partial charge in [-0.05, 0) is 56.5 Å². The van der Waals surface area contributed by atoms with Gasteiger partial charge in [-0.3, -0.25) is 4.79 Å². The molecule has 1 amide bonds. The Morgan fingerprint density at radius 2 is 1.70 bits per heavy atom. The van der Waals surface area contributed by atoms with E-state index in [1.165, 1.54) is 4.90 Å². The van der Waals surface area contributed by atoms with Crippen LogP contribution in [-0.2, 0) is 25.8 Å². The number of hydrogen-bond acceptors (Lipinski definition) is 5. The molecule has 0 atom stereocenters. The lowest BCUT2D eigenvalue weighted by molar-refractivity contribution is -0.120. The predicted molar refractivity (Wildman–Crippen MR) is 121 cm³/mol. The van der Waals surface area contributed by atoms with Gasteiger partial charge in [0.05, 0.1) is 16.6 Å². The minimum absolute atomic E-state index is 0.0611. The Hall–Kier alpha value is -1.83. The minimum atomic E-state index is -3.30. The van der Waals surface area contributed by atoms with Crippen LogP contribution in [0.2, 0.25) is 0 Å². The topological polar surface area (TPSA) is 72.5 Å². The molecule has 1 aliphatic heterocycles. The predicted octanol–water partition coefficient (Wildman–Crippen LogP) is 3.87. The Labute approximate surface area is 183 Å². The van der Waals surface area contributed by atoms with Crippen LogP contribution in [0.15, 0.2) is 64.4 Å². The van der Waals surface area contributed by atoms with E-state index in [0.29, 0.717) is 24.7 Å². The highest BCUT2D eigenvalue weighted by Gasteiger charge is 2.34. The van der Waals surface area contributed by atoms with E-state index in [4.69, 9.17) is 4.74 Å². The molecule has 1 fully saturated rings. The van der Waals surface area contributed by atoms with Crippen molar-refractivity contribution in [1.29, 1.82) is 0 Å². The third-order valence-corrected chi connectivity index (χ3v) is 8.99. The van der Waals surface area contributed by atoms with E-state index in [9.17, 15) is 13.2 Å². The average molecular weight is 448 g/mol. The Balaban J connectivity index is 1.60. The molecule has 1 saturated heterocycles. The number of carbonyl (C=O) groups excluding carboxylic acids is 1. The molecule has 2 aromatic carbocycles. The van der Waals surface area contributed by atoms with E-state index in [-0.39, 0.29) is 17.1 Å². The maximum absolute atomic E-state index is 12.6. The summed E-state index contributed by atoms with van der Waals surface area (Å²) in [6.07, 6.45) is 1.99. The lowest BCUT2D eigenvalue weighted by atomic mass is 9.99. The number of nitrogens with one attached hydrogen (secondary N) is 1. The van der Waals surface area contributed by atoms with Gasteiger partial charge in [-0.25, -0.2) is 8.42 Å². The molecular formula is C23H29NO4S2. The zero-order valence-electron chi connectivity index (χ0n) is 17.5. The van der Waals surface area contributed by atoms with Crippen molar-refractivity contribution in [2.24, 2.45) is 0 Å². The number of carbonyl (C=O) groups is 1. The van der Waals surface area contributed by atoms with Crippen LogP contribution in [0.25, 0.3) is 0 Å². The molecule has 2 aromatic rings. The van der Waals surface area contributed by atoms with Gasteiger partial charge in [0.2, 0.25) is 5.91 Å². The fourth-order valence-electron chi connectivity index (χ4n) is 3.37. The van der Waals surface area contributed by atoms with E-state index in [0.717, 1.165) is 18.4 Å². The fourth-order valence-corrected chi connectivity index (χ4v) is 5.74. The number of rotatable bonds is 8. The lowest BCUT2D eigenvalue weighted by Gasteiger charge is -2.36. The summed E-state index contributed by atoms with van der Waals surface area (Å²) in [5, 5.41) is 2.62. The quantitative estimate of drug-likeness (QED) is 0.665. The molecule has 1 aliphatic rings. The molecule has 0 unspecified atom stereocenters. The molecule has 0 spiro atoms. The second-order valence-electron chi connectivity index (χ2n) is 7.90. The Morgan fingerprint density at radius 1 is 1.07 bits per heavy atom. The first kappa shape index (κ1) is 22.8. The molecule has 0 aromatic heterocycles. The largest absolute Gasteiger partial charge is 0.381 e. The van der Waals surface area contributed by atoms with Crippen molar-refractivity contribution in [3.63, 3.8) is 0 Å². The molecule has 7 heteroatoms. The Bertz CT molecular complexity index is 935. The Morgan fingerprint density at radius 3 is 2.30 bits per heavy atom. The summed E-state index contributed by atoms with van der Waals surface area (Å²) in [6, 6.07) is 16.9. The van der Waals surface area contributed by atoms with Crippen LogP contribution in [0, 0.1) is 0 Å². The van der Waals surface area contributed by atoms with Gasteiger partial charge < -0.3 is 10.1 Å². The van der Waals surface area contributed by atoms with Crippen LogP contribution in [0.3, 0.4) is 0 Å². The van der Waals surface area contributed by atoms with Crippen molar-refractivity contribution in [1.82, 2.24) is 5.32 Å². The molecular weight excluding hydrogens is 418 g/mol. The standard InChI is InChI=1S/C23H29NO4S2/c1-18(2)30(26,27)21-10-8-19(9-11-21)16-22(25)24-17-23(12-14-28-15-13-23)29-20-6-4-3-5-7-20/h3-11,18H,12-17H2,1-2H3,(H,24,25). The second kappa shape index (κ2) is 9.98. The third-order valence-electron chi connectivity index (χ3n) is 5.33. The first-order valence-electron chi connectivity index (χ1n) is 10.2. The summed E-state index contributed by atoms with van der Waals surface area (Å²) in [5.74, 6) is -0.0611. The van der Waals surface area contributed by atoms with Crippen LogP contribution >= 0.6 is 11.8 Å². The van der Waals surface area contributed by atoms with E-state index in [1.54, 1.807) is 49.9 Å². The van der Waals surface area contributed by atoms with Crippen LogP contribution in [0.5, 0.6) is 0 Å². The first-order chi connectivity index (χ1) is 14.3. The van der Waals surface area contributed by atoms with Crippen LogP contribution in [-0.4, -0.2) is 44.1 Å². The van der Waals surface area contributed by atoms with E-state index in [2.05, 4.69) is 17.4 Å². The van der Waals surface area contributed by atoms with Crippen molar-refractivity contribution < 1.29 is 17.9 Å². The van der Waals surface area contributed by atoms with Gasteiger partial charge in [0.15, 0.2) is 9.84 Å². The van der Waals surface area contributed by atoms with Crippen molar-refractivity contribution in [3.8, 4) is 0 Å². The Kier molecular flexibility index (Phi) is 7.60. The molecule has 5 nitrogen and oxygen atoms in total. The molecule has 0 saturated carbocycles. The van der Waals surface area contributed by atoms with E-state index >= 15 is 0 Å². The number of benzene rings is 2. The van der Waals surface area contributed by atoms with Crippen molar-refractivity contribution >= 4 is 27.5 Å². The molecule has 162 valence electrons. The highest BCUT2D eigenvalue weighted by atomic mass is 32.2. The van der Waals surface area contributed by atoms with Gasteiger partial charge in [0, 0.05) is 29.4 Å². The van der Waals surface area contributed by atoms with Crippen molar-refractivity contribution in [2.75, 3.05) is 19.8 Å². The number of hydrogen-bond donors (Lipinski definition) is 1. The van der Waals surface area contributed by atoms with Crippen molar-refractivity contribution in [2.45, 2.75) is 52.9 Å². The molecule has 1 heterocycles. The van der Waals surface area contributed by atoms with E-state index < -0.39 is 15.1 Å². The van der Waals surface area contributed by atoms with Gasteiger partial charge in [-0.1, -0.05) is 30.3 Å². The zero-order valence-corrected chi connectivity index (χ0v) is 19.1. The highest BCUT2D eigenvalue weighted by molar-refractivity contribution is 8.00. The first-order valence-corrected chi connectivity index (χ1v) is 12.6. The summed E-state index contributed by atoms with van der Waals surface area (Å²) in [5.41, 5.74) is 0.798. The molecule has 0 bridgehead atoms. The van der Waals surface area contributed by atoms with Crippen molar-refractivity contribution in [3.05, 3.63) is 60.2 Å². The third kappa shape index (κ3) is 5.86. The average Bonchev–Trinajstić information content (AvgIpc) is 2.74. The van der Waals surface area contributed by atoms with Gasteiger partial charge in [-0.2, -0.15) is 0 Å². The molecule has 30 heavy (non-hydrogen) atoms. The minimum Gasteiger partial charge on any atom is -0.381 e. The van der Waals surface area contributed by atoms with E-state index in [1.807, 2.05) is 18.2 Å². The number of ether oxygens (including phenoxy) is 1. The summed E-state index contributed by atoms with van der Waals surface area (Å²) in [7, 11) is -3.30. The second-order valence-corrected chi connectivity index (χ2v) is 11.9. The van der Waals surface area contributed by atoms with Gasteiger partial charge >= 0.3 is 0 Å². The lowest BCUT2D eigenvalue weighted by Crippen LogP contribution is -2.44. The zero-order chi connectivity index (χ0) is 21.6. The molecule has 0 radical (unpaired) electrons. The maximum Gasteiger partial charge on any atom is 0.224 e. The summed E-state index contributed by atoms with van der Waals surface area (Å²) in [6.45, 7) is 5.30. The van der Waals surface area contributed by atoms with Gasteiger partial charge in [-0.15, -0.1) is 11.8 Å². The molecule has 1 N–H and O–H groups in total. The SMILES string of the molecule is CC(C)S(=O)(=O)c1ccc(CC(=O)NCC2(Sc3ccccc3)CCOCC2)cc1. The number of sulfone groups is 1. The molecule has 3 rings (SSSR count). The maximum atomic E-state index is 12.6. The molecule has 0 aliphatic carbocycles. The number of amides is 1. The number of thioether (sulfide) groups is 1. The van der Waals surface area contributed by atoms with Gasteiger partial charge in [0.1, 0.15) is 0 Å². The monoisotopic (exact) mass is 447 g/mol. The fraction of sp³-hybridized carbons (Fsp3) is 0.435. The smallest absolute Gasteiger partial charge is 0.224 e. The highest BCUT2D eigenvalue weighted by Crippen LogP contribution is 2.40. The van der Waals surface area contributed by atoms with Crippen LogP contribution in [0.4, 0.5) is 0 Å². The normalized spacial score (nSPS) is 16.4. The van der Waals surface area contributed by atoms with Crippen LogP contribution in [0.1, 0.15) is 32.3 Å². The summed E-state index contributed by atoms with van der Waals surface area (Å²) >= 11 is 1.81.